The molecule has 1 heterocycles. The predicted octanol–water partition coefficient (Wildman–Crippen LogP) is 2.19. The van der Waals surface area contributed by atoms with Gasteiger partial charge in [-0.2, -0.15) is 0 Å². The van der Waals surface area contributed by atoms with Crippen molar-refractivity contribution in [3.05, 3.63) is 24.0 Å². The van der Waals surface area contributed by atoms with Gasteiger partial charge in [0.15, 0.2) is 5.13 Å². The number of fused-ring (bicyclic) bond motifs is 1. The second kappa shape index (κ2) is 4.12. The van der Waals surface area contributed by atoms with Crippen LogP contribution in [0, 0.1) is 5.82 Å². The van der Waals surface area contributed by atoms with Crippen molar-refractivity contribution in [2.45, 2.75) is 13.0 Å². The van der Waals surface area contributed by atoms with E-state index in [4.69, 9.17) is 5.73 Å². The van der Waals surface area contributed by atoms with E-state index >= 15 is 0 Å². The van der Waals surface area contributed by atoms with E-state index in [-0.39, 0.29) is 11.9 Å². The molecule has 0 aliphatic heterocycles. The van der Waals surface area contributed by atoms with Crippen molar-refractivity contribution in [2.24, 2.45) is 5.73 Å². The zero-order valence-electron chi connectivity index (χ0n) is 8.33. The fraction of sp³-hybridized carbons (Fsp3) is 0.300. The van der Waals surface area contributed by atoms with E-state index in [0.717, 1.165) is 15.3 Å². The van der Waals surface area contributed by atoms with Gasteiger partial charge in [-0.05, 0) is 25.1 Å². The first-order valence-corrected chi connectivity index (χ1v) is 5.52. The van der Waals surface area contributed by atoms with Crippen LogP contribution < -0.4 is 11.1 Å². The average Bonchev–Trinajstić information content (AvgIpc) is 2.56. The predicted molar refractivity (Wildman–Crippen MR) is 61.7 cm³/mol. The van der Waals surface area contributed by atoms with E-state index in [1.165, 1.54) is 23.5 Å². The molecular weight excluding hydrogens is 213 g/mol. The van der Waals surface area contributed by atoms with E-state index in [1.807, 2.05) is 6.92 Å². The lowest BCUT2D eigenvalue weighted by Crippen LogP contribution is -2.25. The maximum Gasteiger partial charge on any atom is 0.183 e. The van der Waals surface area contributed by atoms with E-state index in [9.17, 15) is 4.39 Å². The lowest BCUT2D eigenvalue weighted by Gasteiger charge is -2.04. The van der Waals surface area contributed by atoms with Crippen molar-refractivity contribution < 1.29 is 4.39 Å². The van der Waals surface area contributed by atoms with E-state index in [2.05, 4.69) is 10.3 Å². The van der Waals surface area contributed by atoms with Crippen molar-refractivity contribution in [3.63, 3.8) is 0 Å². The highest BCUT2D eigenvalue weighted by molar-refractivity contribution is 7.22. The smallest absolute Gasteiger partial charge is 0.183 e. The maximum atomic E-state index is 12.9. The maximum absolute atomic E-state index is 12.9. The van der Waals surface area contributed by atoms with Crippen LogP contribution in [-0.2, 0) is 0 Å². The van der Waals surface area contributed by atoms with E-state index < -0.39 is 0 Å². The Labute approximate surface area is 91.1 Å². The van der Waals surface area contributed by atoms with Gasteiger partial charge in [-0.15, -0.1) is 0 Å². The van der Waals surface area contributed by atoms with Crippen molar-refractivity contribution in [1.82, 2.24) is 4.98 Å². The van der Waals surface area contributed by atoms with E-state index in [1.54, 1.807) is 6.07 Å². The Kier molecular flexibility index (Phi) is 2.83. The van der Waals surface area contributed by atoms with Crippen LogP contribution in [0.15, 0.2) is 18.2 Å². The Balaban J connectivity index is 2.23. The van der Waals surface area contributed by atoms with Gasteiger partial charge >= 0.3 is 0 Å². The number of nitrogens with two attached hydrogens (primary N) is 1. The Hall–Kier alpha value is -1.20. The normalized spacial score (nSPS) is 13.0. The summed E-state index contributed by atoms with van der Waals surface area (Å²) in [7, 11) is 0. The van der Waals surface area contributed by atoms with Crippen LogP contribution in [-0.4, -0.2) is 17.6 Å². The lowest BCUT2D eigenvalue weighted by molar-refractivity contribution is 0.630. The minimum atomic E-state index is -0.232. The van der Waals surface area contributed by atoms with Gasteiger partial charge in [0, 0.05) is 12.6 Å². The molecule has 3 nitrogen and oxygen atoms in total. The molecule has 0 amide bonds. The Morgan fingerprint density at radius 2 is 2.40 bits per heavy atom. The van der Waals surface area contributed by atoms with Crippen LogP contribution in [0.3, 0.4) is 0 Å². The molecule has 3 N–H and O–H groups in total. The molecule has 1 unspecified atom stereocenters. The Bertz CT molecular complexity index is 467. The van der Waals surface area contributed by atoms with Crippen molar-refractivity contribution in [1.29, 1.82) is 0 Å². The van der Waals surface area contributed by atoms with Gasteiger partial charge in [-0.25, -0.2) is 9.37 Å². The van der Waals surface area contributed by atoms with Crippen LogP contribution in [0.5, 0.6) is 0 Å². The van der Waals surface area contributed by atoms with Gasteiger partial charge in [0.05, 0.1) is 10.2 Å². The summed E-state index contributed by atoms with van der Waals surface area (Å²) in [5.74, 6) is -0.232. The summed E-state index contributed by atoms with van der Waals surface area (Å²) < 4.78 is 13.7. The molecule has 0 spiro atoms. The molecule has 2 rings (SSSR count). The largest absolute Gasteiger partial charge is 0.360 e. The number of anilines is 1. The molecule has 1 aromatic heterocycles. The third-order valence-corrected chi connectivity index (χ3v) is 2.90. The fourth-order valence-corrected chi connectivity index (χ4v) is 2.12. The zero-order valence-corrected chi connectivity index (χ0v) is 9.14. The van der Waals surface area contributed by atoms with Crippen molar-refractivity contribution in [3.8, 4) is 0 Å². The second-order valence-electron chi connectivity index (χ2n) is 3.49. The quantitative estimate of drug-likeness (QED) is 0.842. The third kappa shape index (κ3) is 2.43. The van der Waals surface area contributed by atoms with Crippen LogP contribution in [0.1, 0.15) is 6.92 Å². The highest BCUT2D eigenvalue weighted by Crippen LogP contribution is 2.26. The number of rotatable bonds is 3. The molecule has 2 aromatic rings. The van der Waals surface area contributed by atoms with Crippen molar-refractivity contribution in [2.75, 3.05) is 11.9 Å². The first kappa shape index (κ1) is 10.3. The minimum Gasteiger partial charge on any atom is -0.360 e. The summed E-state index contributed by atoms with van der Waals surface area (Å²) in [6, 6.07) is 4.66. The number of nitrogens with zero attached hydrogens (tertiary/aromatic N) is 1. The highest BCUT2D eigenvalue weighted by Gasteiger charge is 2.04. The molecule has 0 aliphatic carbocycles. The molecule has 0 bridgehead atoms. The van der Waals surface area contributed by atoms with Gasteiger partial charge in [-0.3, -0.25) is 0 Å². The second-order valence-corrected chi connectivity index (χ2v) is 4.52. The summed E-state index contributed by atoms with van der Waals surface area (Å²) in [4.78, 5) is 4.31. The number of benzene rings is 1. The van der Waals surface area contributed by atoms with Crippen LogP contribution in [0.2, 0.25) is 0 Å². The monoisotopic (exact) mass is 225 g/mol. The summed E-state index contributed by atoms with van der Waals surface area (Å²) in [6.45, 7) is 2.59. The molecule has 5 heteroatoms. The molecule has 1 atom stereocenters. The van der Waals surface area contributed by atoms with Gasteiger partial charge in [0.25, 0.3) is 0 Å². The molecule has 0 aliphatic rings. The first-order chi connectivity index (χ1) is 7.15. The van der Waals surface area contributed by atoms with Crippen LogP contribution >= 0.6 is 11.3 Å². The Morgan fingerprint density at radius 3 is 3.13 bits per heavy atom. The molecule has 0 radical (unpaired) electrons. The highest BCUT2D eigenvalue weighted by atomic mass is 32.1. The summed E-state index contributed by atoms with van der Waals surface area (Å²) >= 11 is 1.44. The van der Waals surface area contributed by atoms with Gasteiger partial charge in [-0.1, -0.05) is 11.3 Å². The molecule has 80 valence electrons. The number of thiazole rings is 1. The standard InChI is InChI=1S/C10H12FN3S/c1-6(12)5-13-10-14-8-3-2-7(11)4-9(8)15-10/h2-4,6H,5,12H2,1H3,(H,13,14). The summed E-state index contributed by atoms with van der Waals surface area (Å²) in [5.41, 5.74) is 6.43. The molecule has 15 heavy (non-hydrogen) atoms. The van der Waals surface area contributed by atoms with E-state index in [0.29, 0.717) is 6.54 Å². The number of hydrogen-bond donors (Lipinski definition) is 2. The minimum absolute atomic E-state index is 0.0775. The van der Waals surface area contributed by atoms with Gasteiger partial charge in [0.1, 0.15) is 5.82 Å². The van der Waals surface area contributed by atoms with Crippen LogP contribution in [0.25, 0.3) is 10.2 Å². The number of nitrogens with one attached hydrogen (secondary N) is 1. The lowest BCUT2D eigenvalue weighted by atomic mass is 10.3. The molecule has 1 aromatic carbocycles. The first-order valence-electron chi connectivity index (χ1n) is 4.70. The number of hydrogen-bond acceptors (Lipinski definition) is 4. The number of halogens is 1. The average molecular weight is 225 g/mol. The molecular formula is C10H12FN3S. The Morgan fingerprint density at radius 1 is 1.60 bits per heavy atom. The van der Waals surface area contributed by atoms with Gasteiger partial charge < -0.3 is 11.1 Å². The molecule has 0 saturated carbocycles. The van der Waals surface area contributed by atoms with Crippen LogP contribution in [0.4, 0.5) is 9.52 Å². The molecule has 0 saturated heterocycles. The topological polar surface area (TPSA) is 50.9 Å². The SMILES string of the molecule is CC(N)CNc1nc2ccc(F)cc2s1. The van der Waals surface area contributed by atoms with Gasteiger partial charge in [0.2, 0.25) is 0 Å². The zero-order chi connectivity index (χ0) is 10.8. The fourth-order valence-electron chi connectivity index (χ4n) is 1.22. The number of aromatic nitrogens is 1. The summed E-state index contributed by atoms with van der Waals surface area (Å²) in [5, 5.41) is 3.90. The summed E-state index contributed by atoms with van der Waals surface area (Å²) in [6.07, 6.45) is 0. The van der Waals surface area contributed by atoms with Crippen molar-refractivity contribution >= 4 is 26.7 Å². The third-order valence-electron chi connectivity index (χ3n) is 1.93. The molecule has 0 fully saturated rings.